The summed E-state index contributed by atoms with van der Waals surface area (Å²) in [5.74, 6) is 0.769. The highest BCUT2D eigenvalue weighted by Crippen LogP contribution is 2.22. The van der Waals surface area contributed by atoms with Crippen molar-refractivity contribution in [3.05, 3.63) is 77.8 Å². The molecule has 0 saturated carbocycles. The maximum absolute atomic E-state index is 12.1. The number of amides is 2. The Morgan fingerprint density at radius 1 is 1.10 bits per heavy atom. The molecule has 1 heterocycles. The Kier molecular flexibility index (Phi) is 7.36. The van der Waals surface area contributed by atoms with E-state index in [1.807, 2.05) is 59.3 Å². The third-order valence-electron chi connectivity index (χ3n) is 4.84. The minimum absolute atomic E-state index is 0.0261. The van der Waals surface area contributed by atoms with Crippen LogP contribution in [0.5, 0.6) is 5.75 Å². The average molecular weight is 427 g/mol. The van der Waals surface area contributed by atoms with Crippen LogP contribution in [0.2, 0.25) is 5.02 Å². The van der Waals surface area contributed by atoms with Crippen LogP contribution in [0.4, 0.5) is 10.5 Å². The Hall–Kier alpha value is -2.99. The van der Waals surface area contributed by atoms with Crippen LogP contribution in [0.3, 0.4) is 0 Å². The normalized spacial score (nSPS) is 11.7. The van der Waals surface area contributed by atoms with Crippen molar-refractivity contribution in [3.63, 3.8) is 0 Å². The molecule has 0 N–H and O–H groups in total. The van der Waals surface area contributed by atoms with Gasteiger partial charge in [-0.3, -0.25) is 4.90 Å². The molecule has 1 aromatic heterocycles. The fourth-order valence-electron chi connectivity index (χ4n) is 3.15. The third-order valence-corrected chi connectivity index (χ3v) is 5.09. The van der Waals surface area contributed by atoms with Gasteiger partial charge in [-0.15, -0.1) is 0 Å². The number of anilines is 1. The molecule has 3 rings (SSSR count). The molecule has 6 nitrogen and oxygen atoms in total. The second-order valence-corrected chi connectivity index (χ2v) is 7.83. The lowest BCUT2D eigenvalue weighted by molar-refractivity contribution is 0.170. The summed E-state index contributed by atoms with van der Waals surface area (Å²) in [5, 5.41) is 0.739. The maximum atomic E-state index is 12.1. The Morgan fingerprint density at radius 3 is 2.40 bits per heavy atom. The molecule has 3 aromatic rings. The molecular weight excluding hydrogens is 400 g/mol. The molecule has 0 aliphatic carbocycles. The fraction of sp³-hybridized carbons (Fsp3) is 0.304. The molecule has 1 atom stereocenters. The van der Waals surface area contributed by atoms with E-state index < -0.39 is 0 Å². The van der Waals surface area contributed by atoms with Gasteiger partial charge in [-0.25, -0.2) is 9.78 Å². The highest BCUT2D eigenvalue weighted by Gasteiger charge is 2.15. The first-order chi connectivity index (χ1) is 14.4. The number of carbonyl (C=O) groups is 1. The molecule has 0 spiro atoms. The van der Waals surface area contributed by atoms with Gasteiger partial charge in [0.25, 0.3) is 0 Å². The van der Waals surface area contributed by atoms with Crippen LogP contribution >= 0.6 is 11.6 Å². The van der Waals surface area contributed by atoms with Gasteiger partial charge in [-0.2, -0.15) is 0 Å². The molecule has 0 radical (unpaired) electrons. The zero-order valence-electron chi connectivity index (χ0n) is 17.5. The van der Waals surface area contributed by atoms with Crippen LogP contribution < -0.4 is 9.64 Å². The zero-order chi connectivity index (χ0) is 21.5. The topological polar surface area (TPSA) is 50.6 Å². The number of aryl methyl sites for hydroxylation is 1. The molecule has 0 aliphatic rings. The lowest BCUT2D eigenvalue weighted by Gasteiger charge is -2.23. The van der Waals surface area contributed by atoms with Crippen LogP contribution in [-0.2, 0) is 13.0 Å². The summed E-state index contributed by atoms with van der Waals surface area (Å²) in [7, 11) is 5.22. The number of nitrogens with zero attached hydrogens (tertiary/aromatic N) is 4. The Balaban J connectivity index is 1.67. The number of hydrogen-bond donors (Lipinski definition) is 0. The SMILES string of the molecule is CN(C)C(=O)N(C)c1ccc(OC(CCc2ccc(Cl)cc2)Cn2ccnc2)cc1. The van der Waals surface area contributed by atoms with Crippen molar-refractivity contribution in [2.45, 2.75) is 25.5 Å². The second-order valence-electron chi connectivity index (χ2n) is 7.39. The van der Waals surface area contributed by atoms with Gasteiger partial charge in [0, 0.05) is 44.2 Å². The minimum Gasteiger partial charge on any atom is -0.489 e. The first-order valence-electron chi connectivity index (χ1n) is 9.84. The summed E-state index contributed by atoms with van der Waals surface area (Å²) in [4.78, 5) is 19.4. The lowest BCUT2D eigenvalue weighted by atomic mass is 10.1. The number of benzene rings is 2. The molecule has 7 heteroatoms. The molecule has 2 aromatic carbocycles. The van der Waals surface area contributed by atoms with E-state index in [-0.39, 0.29) is 12.1 Å². The molecule has 0 fully saturated rings. The van der Waals surface area contributed by atoms with Crippen molar-refractivity contribution in [3.8, 4) is 5.75 Å². The Bertz CT molecular complexity index is 925. The Labute approximate surface area is 182 Å². The van der Waals surface area contributed by atoms with E-state index in [9.17, 15) is 4.79 Å². The molecule has 30 heavy (non-hydrogen) atoms. The van der Waals surface area contributed by atoms with E-state index in [4.69, 9.17) is 16.3 Å². The first kappa shape index (κ1) is 21.7. The van der Waals surface area contributed by atoms with Gasteiger partial charge in [-0.05, 0) is 54.8 Å². The van der Waals surface area contributed by atoms with Crippen LogP contribution in [0, 0.1) is 0 Å². The second kappa shape index (κ2) is 10.2. The number of aromatic nitrogens is 2. The van der Waals surface area contributed by atoms with E-state index >= 15 is 0 Å². The average Bonchev–Trinajstić information content (AvgIpc) is 3.25. The van der Waals surface area contributed by atoms with Gasteiger partial charge in [0.05, 0.1) is 12.9 Å². The van der Waals surface area contributed by atoms with Gasteiger partial charge in [-0.1, -0.05) is 23.7 Å². The summed E-state index contributed by atoms with van der Waals surface area (Å²) in [6.45, 7) is 0.703. The number of rotatable bonds is 8. The summed E-state index contributed by atoms with van der Waals surface area (Å²) in [5.41, 5.74) is 2.03. The molecule has 0 saturated heterocycles. The van der Waals surface area contributed by atoms with Gasteiger partial charge in [0.1, 0.15) is 11.9 Å². The Morgan fingerprint density at radius 2 is 1.80 bits per heavy atom. The van der Waals surface area contributed by atoms with Crippen molar-refractivity contribution in [2.24, 2.45) is 0 Å². The maximum Gasteiger partial charge on any atom is 0.323 e. The molecule has 1 unspecified atom stereocenters. The third kappa shape index (κ3) is 6.00. The largest absolute Gasteiger partial charge is 0.489 e. The number of ether oxygens (including phenoxy) is 1. The first-order valence-corrected chi connectivity index (χ1v) is 10.2. The van der Waals surface area contributed by atoms with Gasteiger partial charge < -0.3 is 14.2 Å². The fourth-order valence-corrected chi connectivity index (χ4v) is 3.27. The summed E-state index contributed by atoms with van der Waals surface area (Å²) in [6, 6.07) is 15.4. The van der Waals surface area contributed by atoms with Crippen molar-refractivity contribution in [2.75, 3.05) is 26.0 Å². The molecule has 2 amide bonds. The van der Waals surface area contributed by atoms with Crippen molar-refractivity contribution in [1.82, 2.24) is 14.5 Å². The monoisotopic (exact) mass is 426 g/mol. The predicted octanol–water partition coefficient (Wildman–Crippen LogP) is 4.73. The molecule has 0 bridgehead atoms. The zero-order valence-corrected chi connectivity index (χ0v) is 18.3. The summed E-state index contributed by atoms with van der Waals surface area (Å²) >= 11 is 5.99. The number of urea groups is 1. The molecule has 0 aliphatic heterocycles. The smallest absolute Gasteiger partial charge is 0.323 e. The number of hydrogen-bond acceptors (Lipinski definition) is 3. The van der Waals surface area contributed by atoms with Crippen LogP contribution in [0.25, 0.3) is 0 Å². The van der Waals surface area contributed by atoms with E-state index in [1.54, 1.807) is 43.5 Å². The predicted molar refractivity (Wildman–Crippen MR) is 120 cm³/mol. The lowest BCUT2D eigenvalue weighted by Crippen LogP contribution is -2.36. The van der Waals surface area contributed by atoms with Crippen molar-refractivity contribution >= 4 is 23.3 Å². The van der Waals surface area contributed by atoms with Gasteiger partial charge in [0.2, 0.25) is 0 Å². The van der Waals surface area contributed by atoms with E-state index in [0.29, 0.717) is 6.54 Å². The number of imidazole rings is 1. The van der Waals surface area contributed by atoms with E-state index in [1.165, 1.54) is 5.56 Å². The van der Waals surface area contributed by atoms with E-state index in [0.717, 1.165) is 29.3 Å². The standard InChI is InChI=1S/C23H27ClN4O2/c1-26(2)23(29)27(3)20-9-12-21(13-10-20)30-22(16-28-15-14-25-17-28)11-6-18-4-7-19(24)8-5-18/h4-5,7-10,12-15,17,22H,6,11,16H2,1-3H3. The quantitative estimate of drug-likeness (QED) is 0.523. The van der Waals surface area contributed by atoms with Gasteiger partial charge in [0.15, 0.2) is 0 Å². The number of halogens is 1. The van der Waals surface area contributed by atoms with Crippen LogP contribution in [-0.4, -0.2) is 47.7 Å². The molecule has 158 valence electrons. The number of carbonyl (C=O) groups excluding carboxylic acids is 1. The van der Waals surface area contributed by atoms with Crippen molar-refractivity contribution < 1.29 is 9.53 Å². The highest BCUT2D eigenvalue weighted by atomic mass is 35.5. The van der Waals surface area contributed by atoms with Gasteiger partial charge >= 0.3 is 6.03 Å². The van der Waals surface area contributed by atoms with Crippen LogP contribution in [0.15, 0.2) is 67.3 Å². The molecular formula is C23H27ClN4O2. The summed E-state index contributed by atoms with van der Waals surface area (Å²) in [6.07, 6.45) is 7.20. The van der Waals surface area contributed by atoms with Crippen LogP contribution in [0.1, 0.15) is 12.0 Å². The summed E-state index contributed by atoms with van der Waals surface area (Å²) < 4.78 is 8.31. The van der Waals surface area contributed by atoms with E-state index in [2.05, 4.69) is 4.98 Å². The minimum atomic E-state index is -0.0791. The highest BCUT2D eigenvalue weighted by molar-refractivity contribution is 6.30. The van der Waals surface area contributed by atoms with Crippen molar-refractivity contribution in [1.29, 1.82) is 0 Å².